The second-order valence-corrected chi connectivity index (χ2v) is 10.6. The van der Waals surface area contributed by atoms with E-state index in [1.165, 1.54) is 6.20 Å². The summed E-state index contributed by atoms with van der Waals surface area (Å²) in [5, 5.41) is 21.2. The van der Waals surface area contributed by atoms with Crippen LogP contribution in [-0.4, -0.2) is 64.2 Å². The van der Waals surface area contributed by atoms with Crippen molar-refractivity contribution in [3.63, 3.8) is 0 Å². The lowest BCUT2D eigenvalue weighted by atomic mass is 9.93. The largest absolute Gasteiger partial charge is 0.388 e. The molecule has 0 aromatic carbocycles. The van der Waals surface area contributed by atoms with Crippen LogP contribution in [0.15, 0.2) is 22.0 Å². The molecule has 1 aliphatic heterocycles. The summed E-state index contributed by atoms with van der Waals surface area (Å²) in [4.78, 5) is 44.5. The zero-order valence-corrected chi connectivity index (χ0v) is 19.9. The minimum absolute atomic E-state index is 0.00422. The van der Waals surface area contributed by atoms with Crippen molar-refractivity contribution in [2.75, 3.05) is 0 Å². The van der Waals surface area contributed by atoms with Gasteiger partial charge in [0.05, 0.1) is 23.6 Å². The normalized spacial score (nSPS) is 27.0. The van der Waals surface area contributed by atoms with Gasteiger partial charge in [0.1, 0.15) is 17.7 Å². The Bertz CT molecular complexity index is 1150. The van der Waals surface area contributed by atoms with Crippen molar-refractivity contribution in [1.82, 2.24) is 19.5 Å². The van der Waals surface area contributed by atoms with E-state index in [9.17, 15) is 29.3 Å². The zero-order chi connectivity index (χ0) is 24.6. The van der Waals surface area contributed by atoms with Crippen molar-refractivity contribution in [2.45, 2.75) is 89.2 Å². The fourth-order valence-electron chi connectivity index (χ4n) is 4.04. The number of aliphatic hydroxyl groups is 2. The Morgan fingerprint density at radius 3 is 2.55 bits per heavy atom. The van der Waals surface area contributed by atoms with E-state index in [4.69, 9.17) is 9.26 Å². The smallest absolute Gasteiger partial charge is 0.351 e. The number of nitrogens with zero attached hydrogens (tertiary/aromatic N) is 3. The molecule has 6 atom stereocenters. The van der Waals surface area contributed by atoms with Crippen LogP contribution in [0.25, 0.3) is 11.2 Å². The molecule has 13 heteroatoms. The van der Waals surface area contributed by atoms with Crippen molar-refractivity contribution in [3.05, 3.63) is 33.2 Å². The second-order valence-electron chi connectivity index (χ2n) is 8.59. The first-order valence-electron chi connectivity index (χ1n) is 11.0. The Labute approximate surface area is 190 Å². The van der Waals surface area contributed by atoms with Crippen LogP contribution in [0.2, 0.25) is 0 Å². The lowest BCUT2D eigenvalue weighted by molar-refractivity contribution is -0.0680. The monoisotopic (exact) mass is 486 g/mol. The van der Waals surface area contributed by atoms with Crippen LogP contribution < -0.4 is 11.2 Å². The van der Waals surface area contributed by atoms with Crippen LogP contribution in [-0.2, 0) is 13.8 Å². The van der Waals surface area contributed by atoms with Crippen molar-refractivity contribution in [2.24, 2.45) is 0 Å². The number of hydrogen-bond donors (Lipinski definition) is 4. The second kappa shape index (κ2) is 9.73. The molecule has 0 saturated carbocycles. The maximum atomic E-state index is 12.8. The van der Waals surface area contributed by atoms with Crippen molar-refractivity contribution >= 4 is 18.8 Å². The Kier molecular flexibility index (Phi) is 7.57. The molecule has 0 aliphatic carbocycles. The van der Waals surface area contributed by atoms with Gasteiger partial charge in [-0.25, -0.2) is 9.78 Å². The van der Waals surface area contributed by atoms with E-state index in [2.05, 4.69) is 15.0 Å². The number of aromatic amines is 1. The summed E-state index contributed by atoms with van der Waals surface area (Å²) in [7, 11) is -3.95. The molecule has 2 aromatic rings. The van der Waals surface area contributed by atoms with Crippen LogP contribution in [0.3, 0.4) is 0 Å². The minimum atomic E-state index is -3.95. The first-order valence-corrected chi connectivity index (χ1v) is 12.6. The molecule has 1 saturated heterocycles. The molecule has 1 fully saturated rings. The molecular weight excluding hydrogens is 455 g/mol. The molecule has 3 heterocycles. The SMILES string of the molecule is CCC(CC)P(=O)(O)OC(C)(CC)C[C@H]1O[C@@H](n2cc3ncc(=O)[nH]c3nc2=O)[C@@H](O)C1O. The summed E-state index contributed by atoms with van der Waals surface area (Å²) in [5.74, 6) is 0. The van der Waals surface area contributed by atoms with Crippen LogP contribution >= 0.6 is 7.60 Å². The van der Waals surface area contributed by atoms with Gasteiger partial charge in [-0.15, -0.1) is 0 Å². The summed E-state index contributed by atoms with van der Waals surface area (Å²) in [6, 6.07) is 0. The third-order valence-electron chi connectivity index (χ3n) is 6.24. The quantitative estimate of drug-likeness (QED) is 0.375. The number of hydrogen-bond acceptors (Lipinski definition) is 9. The number of fused-ring (bicyclic) bond motifs is 1. The standard InChI is InChI=1S/C20H31N4O8P/c1-5-11(6-2)33(29,30)32-20(4,7-3)8-13-15(26)16(27)18(31-13)24-10-12-17(23-19(24)28)22-14(25)9-21-12/h9-11,13,15-16,18,26-27H,5-8H2,1-4H3,(H,29,30)(H,22,23,25,28)/t13-,15?,16+,18-,20?/m1/s1. The van der Waals surface area contributed by atoms with Gasteiger partial charge >= 0.3 is 13.3 Å². The first kappa shape index (κ1) is 25.7. The molecule has 184 valence electrons. The molecule has 33 heavy (non-hydrogen) atoms. The van der Waals surface area contributed by atoms with Gasteiger partial charge in [0.2, 0.25) is 0 Å². The highest BCUT2D eigenvalue weighted by Crippen LogP contribution is 2.55. The molecule has 4 N–H and O–H groups in total. The Hall–Kier alpha value is -1.95. The number of nitrogens with one attached hydrogen (secondary N) is 1. The van der Waals surface area contributed by atoms with Crippen LogP contribution in [0.1, 0.15) is 59.6 Å². The number of aliphatic hydroxyl groups excluding tert-OH is 2. The number of rotatable bonds is 9. The molecule has 0 amide bonds. The predicted molar refractivity (Wildman–Crippen MR) is 119 cm³/mol. The van der Waals surface area contributed by atoms with Gasteiger partial charge in [0.25, 0.3) is 5.56 Å². The number of H-pyrrole nitrogens is 1. The van der Waals surface area contributed by atoms with Gasteiger partial charge < -0.3 is 29.4 Å². The van der Waals surface area contributed by atoms with E-state index in [1.807, 2.05) is 13.8 Å². The predicted octanol–water partition coefficient (Wildman–Crippen LogP) is 1.05. The van der Waals surface area contributed by atoms with Gasteiger partial charge in [-0.2, -0.15) is 4.98 Å². The summed E-state index contributed by atoms with van der Waals surface area (Å²) in [6.07, 6.45) is -1.52. The van der Waals surface area contributed by atoms with E-state index >= 15 is 0 Å². The highest BCUT2D eigenvalue weighted by molar-refractivity contribution is 7.53. The molecule has 0 radical (unpaired) electrons. The van der Waals surface area contributed by atoms with Crippen LogP contribution in [0.4, 0.5) is 0 Å². The fraction of sp³-hybridized carbons (Fsp3) is 0.700. The molecule has 0 spiro atoms. The molecule has 12 nitrogen and oxygen atoms in total. The van der Waals surface area contributed by atoms with Crippen LogP contribution in [0, 0.1) is 0 Å². The van der Waals surface area contributed by atoms with Gasteiger partial charge in [-0.1, -0.05) is 20.8 Å². The van der Waals surface area contributed by atoms with E-state index in [-0.39, 0.29) is 17.6 Å². The van der Waals surface area contributed by atoms with Gasteiger partial charge in [0, 0.05) is 12.6 Å². The summed E-state index contributed by atoms with van der Waals surface area (Å²) in [6.45, 7) is 7.06. The highest BCUT2D eigenvalue weighted by Gasteiger charge is 2.48. The van der Waals surface area contributed by atoms with E-state index in [1.54, 1.807) is 13.8 Å². The van der Waals surface area contributed by atoms with Crippen LogP contribution in [0.5, 0.6) is 0 Å². The third kappa shape index (κ3) is 5.26. The molecule has 3 rings (SSSR count). The summed E-state index contributed by atoms with van der Waals surface area (Å²) in [5.41, 5.74) is -2.80. The summed E-state index contributed by atoms with van der Waals surface area (Å²) < 4.78 is 25.4. The molecule has 3 unspecified atom stereocenters. The number of ether oxygens (including phenoxy) is 1. The van der Waals surface area contributed by atoms with E-state index in [0.29, 0.717) is 19.3 Å². The Morgan fingerprint density at radius 1 is 1.27 bits per heavy atom. The fourth-order valence-corrected chi connectivity index (χ4v) is 5.95. The average Bonchev–Trinajstić information content (AvgIpc) is 3.01. The third-order valence-corrected chi connectivity index (χ3v) is 8.60. The van der Waals surface area contributed by atoms with E-state index in [0.717, 1.165) is 10.8 Å². The maximum Gasteiger partial charge on any atom is 0.351 e. The Balaban J connectivity index is 1.85. The molecular formula is C20H31N4O8P. The van der Waals surface area contributed by atoms with Gasteiger partial charge in [-0.3, -0.25) is 13.9 Å². The molecule has 1 aliphatic rings. The average molecular weight is 486 g/mol. The van der Waals surface area contributed by atoms with Crippen molar-refractivity contribution in [3.8, 4) is 0 Å². The van der Waals surface area contributed by atoms with Gasteiger partial charge in [-0.05, 0) is 26.2 Å². The van der Waals surface area contributed by atoms with Crippen molar-refractivity contribution in [1.29, 1.82) is 0 Å². The highest BCUT2D eigenvalue weighted by atomic mass is 31.2. The lowest BCUT2D eigenvalue weighted by Gasteiger charge is -2.35. The Morgan fingerprint density at radius 2 is 1.94 bits per heavy atom. The lowest BCUT2D eigenvalue weighted by Crippen LogP contribution is -2.39. The number of aromatic nitrogens is 4. The zero-order valence-electron chi connectivity index (χ0n) is 19.0. The topological polar surface area (TPSA) is 177 Å². The van der Waals surface area contributed by atoms with Crippen molar-refractivity contribution < 1.29 is 28.9 Å². The summed E-state index contributed by atoms with van der Waals surface area (Å²) >= 11 is 0. The van der Waals surface area contributed by atoms with Gasteiger partial charge in [0.15, 0.2) is 11.9 Å². The minimum Gasteiger partial charge on any atom is -0.388 e. The first-order chi connectivity index (χ1) is 15.4. The maximum absolute atomic E-state index is 12.8. The molecule has 0 bridgehead atoms. The van der Waals surface area contributed by atoms with E-state index < -0.39 is 54.6 Å². The molecule has 2 aromatic heterocycles.